The molecule has 2 unspecified atom stereocenters. The maximum atomic E-state index is 12.5. The van der Waals surface area contributed by atoms with Gasteiger partial charge in [-0.2, -0.15) is 0 Å². The quantitative estimate of drug-likeness (QED) is 0.427. The van der Waals surface area contributed by atoms with Crippen LogP contribution in [0.1, 0.15) is 23.7 Å². The highest BCUT2D eigenvalue weighted by molar-refractivity contribution is 5.96. The third kappa shape index (κ3) is 2.81. The minimum atomic E-state index is -0.595. The molecule has 4 N–H and O–H groups in total. The highest BCUT2D eigenvalue weighted by atomic mass is 16.6. The molecule has 0 bridgehead atoms. The first-order chi connectivity index (χ1) is 9.99. The van der Waals surface area contributed by atoms with Crippen LogP contribution in [0.5, 0.6) is 0 Å². The molecule has 1 heterocycles. The molecular formula is C13H18N4O4. The summed E-state index contributed by atoms with van der Waals surface area (Å²) in [6, 6.07) is 3.85. The Labute approximate surface area is 121 Å². The van der Waals surface area contributed by atoms with Gasteiger partial charge in [0.1, 0.15) is 5.69 Å². The smallest absolute Gasteiger partial charge is 0.294 e. The molecule has 2 atom stereocenters. The number of nitrogens with zero attached hydrogens (tertiary/aromatic N) is 2. The van der Waals surface area contributed by atoms with E-state index in [4.69, 9.17) is 5.84 Å². The van der Waals surface area contributed by atoms with Gasteiger partial charge in [-0.25, -0.2) is 0 Å². The minimum Gasteiger partial charge on any atom is -0.394 e. The molecule has 2 rings (SSSR count). The van der Waals surface area contributed by atoms with Crippen molar-refractivity contribution in [1.82, 2.24) is 4.90 Å². The summed E-state index contributed by atoms with van der Waals surface area (Å²) in [5.41, 5.74) is 2.34. The zero-order valence-electron chi connectivity index (χ0n) is 11.7. The van der Waals surface area contributed by atoms with E-state index in [1.165, 1.54) is 18.2 Å². The monoisotopic (exact) mass is 294 g/mol. The number of hydrogen-bond donors (Lipinski definition) is 3. The van der Waals surface area contributed by atoms with E-state index >= 15 is 0 Å². The van der Waals surface area contributed by atoms with E-state index in [2.05, 4.69) is 5.43 Å². The average Bonchev–Trinajstić information content (AvgIpc) is 2.86. The summed E-state index contributed by atoms with van der Waals surface area (Å²) in [5.74, 6) is 5.11. The minimum absolute atomic E-state index is 0.114. The number of nitro groups is 1. The summed E-state index contributed by atoms with van der Waals surface area (Å²) in [7, 11) is 0. The van der Waals surface area contributed by atoms with Crippen LogP contribution in [0.3, 0.4) is 0 Å². The van der Waals surface area contributed by atoms with Crippen molar-refractivity contribution < 1.29 is 14.8 Å². The number of carbonyl (C=O) groups is 1. The predicted molar refractivity (Wildman–Crippen MR) is 76.6 cm³/mol. The van der Waals surface area contributed by atoms with E-state index in [1.807, 2.05) is 6.92 Å². The Morgan fingerprint density at radius 3 is 2.90 bits per heavy atom. The molecule has 1 saturated heterocycles. The lowest BCUT2D eigenvalue weighted by molar-refractivity contribution is -0.384. The van der Waals surface area contributed by atoms with E-state index in [1.54, 1.807) is 4.90 Å². The van der Waals surface area contributed by atoms with Crippen molar-refractivity contribution in [1.29, 1.82) is 0 Å². The molecular weight excluding hydrogens is 276 g/mol. The average molecular weight is 294 g/mol. The number of hydrazine groups is 1. The third-order valence-electron chi connectivity index (χ3n) is 3.93. The molecule has 1 amide bonds. The number of hydrogen-bond acceptors (Lipinski definition) is 6. The van der Waals surface area contributed by atoms with Crippen molar-refractivity contribution >= 4 is 17.3 Å². The summed E-state index contributed by atoms with van der Waals surface area (Å²) in [6.45, 7) is 2.39. The first kappa shape index (κ1) is 15.2. The summed E-state index contributed by atoms with van der Waals surface area (Å²) in [4.78, 5) is 24.4. The number of likely N-dealkylation sites (tertiary alicyclic amines) is 1. The number of aliphatic hydroxyl groups is 1. The Kier molecular flexibility index (Phi) is 4.39. The van der Waals surface area contributed by atoms with Crippen molar-refractivity contribution in [2.24, 2.45) is 11.8 Å². The van der Waals surface area contributed by atoms with Crippen LogP contribution in [-0.2, 0) is 0 Å². The molecule has 1 aliphatic heterocycles. The second-order valence-electron chi connectivity index (χ2n) is 5.15. The fourth-order valence-corrected chi connectivity index (χ4v) is 2.64. The standard InChI is InChI=1S/C13H18N4O4/c1-8-4-5-16(12(8)7-18)13(19)9-2-3-10(15-14)11(6-9)17(20)21/h2-3,6,8,12,15,18H,4-5,7,14H2,1H3. The van der Waals surface area contributed by atoms with E-state index < -0.39 is 4.92 Å². The number of amides is 1. The van der Waals surface area contributed by atoms with Crippen LogP contribution < -0.4 is 11.3 Å². The molecule has 0 spiro atoms. The summed E-state index contributed by atoms with van der Waals surface area (Å²) < 4.78 is 0. The molecule has 114 valence electrons. The predicted octanol–water partition coefficient (Wildman–Crippen LogP) is 0.723. The van der Waals surface area contributed by atoms with Crippen LogP contribution in [0.4, 0.5) is 11.4 Å². The van der Waals surface area contributed by atoms with Crippen molar-refractivity contribution in [2.45, 2.75) is 19.4 Å². The number of rotatable bonds is 4. The molecule has 0 aliphatic carbocycles. The van der Waals surface area contributed by atoms with Crippen LogP contribution >= 0.6 is 0 Å². The van der Waals surface area contributed by atoms with Gasteiger partial charge in [-0.05, 0) is 24.5 Å². The Morgan fingerprint density at radius 2 is 2.33 bits per heavy atom. The molecule has 1 fully saturated rings. The van der Waals surface area contributed by atoms with Gasteiger partial charge in [0.15, 0.2) is 0 Å². The van der Waals surface area contributed by atoms with E-state index in [9.17, 15) is 20.0 Å². The van der Waals surface area contributed by atoms with Crippen LogP contribution in [0.2, 0.25) is 0 Å². The van der Waals surface area contributed by atoms with E-state index in [0.29, 0.717) is 6.54 Å². The van der Waals surface area contributed by atoms with Crippen molar-refractivity contribution in [3.63, 3.8) is 0 Å². The fraction of sp³-hybridized carbons (Fsp3) is 0.462. The largest absolute Gasteiger partial charge is 0.394 e. The maximum absolute atomic E-state index is 12.5. The van der Waals surface area contributed by atoms with Gasteiger partial charge in [0.25, 0.3) is 11.6 Å². The molecule has 0 aromatic heterocycles. The Bertz CT molecular complexity index is 563. The SMILES string of the molecule is CC1CCN(C(=O)c2ccc(NN)c([N+](=O)[O-])c2)C1CO. The van der Waals surface area contributed by atoms with Crippen LogP contribution in [0.25, 0.3) is 0 Å². The van der Waals surface area contributed by atoms with Gasteiger partial charge in [-0.15, -0.1) is 0 Å². The number of aliphatic hydroxyl groups excluding tert-OH is 1. The number of nitrogen functional groups attached to an aromatic ring is 1. The highest BCUT2D eigenvalue weighted by Gasteiger charge is 2.34. The fourth-order valence-electron chi connectivity index (χ4n) is 2.64. The molecule has 0 saturated carbocycles. The zero-order chi connectivity index (χ0) is 15.6. The number of nitro benzene ring substituents is 1. The highest BCUT2D eigenvalue weighted by Crippen LogP contribution is 2.29. The van der Waals surface area contributed by atoms with Gasteiger partial charge in [-0.1, -0.05) is 6.92 Å². The number of benzene rings is 1. The summed E-state index contributed by atoms with van der Waals surface area (Å²) >= 11 is 0. The van der Waals surface area contributed by atoms with E-state index in [0.717, 1.165) is 6.42 Å². The van der Waals surface area contributed by atoms with Gasteiger partial charge in [0, 0.05) is 18.2 Å². The van der Waals surface area contributed by atoms with Gasteiger partial charge in [0.05, 0.1) is 17.6 Å². The Balaban J connectivity index is 2.31. The molecule has 1 aliphatic rings. The lowest BCUT2D eigenvalue weighted by Crippen LogP contribution is -2.39. The maximum Gasteiger partial charge on any atom is 0.294 e. The lowest BCUT2D eigenvalue weighted by atomic mass is 10.0. The third-order valence-corrected chi connectivity index (χ3v) is 3.93. The number of anilines is 1. The van der Waals surface area contributed by atoms with Crippen molar-refractivity contribution in [3.05, 3.63) is 33.9 Å². The second kappa shape index (κ2) is 6.06. The first-order valence-corrected chi connectivity index (χ1v) is 6.66. The molecule has 8 nitrogen and oxygen atoms in total. The summed E-state index contributed by atoms with van der Waals surface area (Å²) in [6.07, 6.45) is 0.807. The topological polar surface area (TPSA) is 122 Å². The number of nitrogens with one attached hydrogen (secondary N) is 1. The number of nitrogens with two attached hydrogens (primary N) is 1. The van der Waals surface area contributed by atoms with Gasteiger partial charge in [0.2, 0.25) is 0 Å². The Morgan fingerprint density at radius 1 is 1.62 bits per heavy atom. The van der Waals surface area contributed by atoms with Crippen LogP contribution in [0, 0.1) is 16.0 Å². The molecule has 1 aromatic rings. The second-order valence-corrected chi connectivity index (χ2v) is 5.15. The van der Waals surface area contributed by atoms with Gasteiger partial charge in [-0.3, -0.25) is 20.8 Å². The zero-order valence-corrected chi connectivity index (χ0v) is 11.7. The molecule has 8 heteroatoms. The van der Waals surface area contributed by atoms with Gasteiger partial charge >= 0.3 is 0 Å². The van der Waals surface area contributed by atoms with Crippen molar-refractivity contribution in [3.8, 4) is 0 Å². The molecule has 0 radical (unpaired) electrons. The number of carbonyl (C=O) groups excluding carboxylic acids is 1. The lowest BCUT2D eigenvalue weighted by Gasteiger charge is -2.25. The van der Waals surface area contributed by atoms with E-state index in [-0.39, 0.29) is 41.4 Å². The first-order valence-electron chi connectivity index (χ1n) is 6.66. The normalized spacial score (nSPS) is 21.4. The Hall–Kier alpha value is -2.19. The van der Waals surface area contributed by atoms with Crippen LogP contribution in [-0.4, -0.2) is 40.0 Å². The molecule has 1 aromatic carbocycles. The molecule has 21 heavy (non-hydrogen) atoms. The van der Waals surface area contributed by atoms with Crippen molar-refractivity contribution in [2.75, 3.05) is 18.6 Å². The van der Waals surface area contributed by atoms with Gasteiger partial charge < -0.3 is 15.4 Å². The summed E-state index contributed by atoms with van der Waals surface area (Å²) in [5, 5.41) is 20.4. The van der Waals surface area contributed by atoms with Crippen LogP contribution in [0.15, 0.2) is 18.2 Å².